The van der Waals surface area contributed by atoms with E-state index < -0.39 is 24.1 Å². The van der Waals surface area contributed by atoms with Gasteiger partial charge in [0.2, 0.25) is 0 Å². The maximum Gasteiger partial charge on any atom is 0.255 e. The second kappa shape index (κ2) is 6.08. The van der Waals surface area contributed by atoms with E-state index in [0.717, 1.165) is 6.07 Å². The van der Waals surface area contributed by atoms with Crippen LogP contribution in [0.4, 0.5) is 10.1 Å². The lowest BCUT2D eigenvalue weighted by molar-refractivity contribution is 0.0903. The van der Waals surface area contributed by atoms with Crippen LogP contribution in [0.15, 0.2) is 48.5 Å². The highest BCUT2D eigenvalue weighted by Gasteiger charge is 2.08. The van der Waals surface area contributed by atoms with E-state index in [0.29, 0.717) is 11.3 Å². The van der Waals surface area contributed by atoms with Crippen molar-refractivity contribution in [1.29, 1.82) is 0 Å². The number of benzene rings is 2. The van der Waals surface area contributed by atoms with E-state index >= 15 is 0 Å². The average Bonchev–Trinajstić information content (AvgIpc) is 2.47. The molecular formula is C15H12FNO3. The van der Waals surface area contributed by atoms with Gasteiger partial charge in [-0.25, -0.2) is 4.39 Å². The van der Waals surface area contributed by atoms with E-state index in [1.54, 1.807) is 12.1 Å². The lowest BCUT2D eigenvalue weighted by Crippen LogP contribution is -2.12. The second-order valence-electron chi connectivity index (χ2n) is 4.12. The lowest BCUT2D eigenvalue weighted by Gasteiger charge is -2.06. The molecule has 2 N–H and O–H groups in total. The minimum absolute atomic E-state index is 0.209. The first kappa shape index (κ1) is 13.9. The van der Waals surface area contributed by atoms with Gasteiger partial charge in [0, 0.05) is 16.8 Å². The summed E-state index contributed by atoms with van der Waals surface area (Å²) in [6, 6.07) is 11.4. The highest BCUT2D eigenvalue weighted by molar-refractivity contribution is 6.04. The van der Waals surface area contributed by atoms with E-state index in [-0.39, 0.29) is 5.56 Å². The predicted molar refractivity (Wildman–Crippen MR) is 72.2 cm³/mol. The third-order valence-electron chi connectivity index (χ3n) is 2.70. The van der Waals surface area contributed by atoms with E-state index in [1.165, 1.54) is 30.3 Å². The summed E-state index contributed by atoms with van der Waals surface area (Å²) < 4.78 is 13.0. The van der Waals surface area contributed by atoms with Crippen molar-refractivity contribution in [3.05, 3.63) is 65.5 Å². The molecule has 4 nitrogen and oxygen atoms in total. The molecule has 0 saturated heterocycles. The van der Waals surface area contributed by atoms with Gasteiger partial charge in [0.1, 0.15) is 12.4 Å². The number of amides is 1. The molecule has 0 fully saturated rings. The van der Waals surface area contributed by atoms with Gasteiger partial charge in [-0.3, -0.25) is 9.59 Å². The Bertz CT molecular complexity index is 638. The Morgan fingerprint density at radius 3 is 2.35 bits per heavy atom. The molecule has 1 amide bonds. The molecule has 0 aliphatic carbocycles. The number of aliphatic hydroxyl groups is 1. The minimum atomic E-state index is -0.561. The van der Waals surface area contributed by atoms with Crippen LogP contribution in [0.5, 0.6) is 0 Å². The van der Waals surface area contributed by atoms with Gasteiger partial charge in [-0.2, -0.15) is 0 Å². The number of hydrogen-bond acceptors (Lipinski definition) is 3. The molecule has 0 heterocycles. The van der Waals surface area contributed by atoms with Crippen molar-refractivity contribution in [1.82, 2.24) is 0 Å². The number of nitrogens with one attached hydrogen (secondary N) is 1. The first-order valence-electron chi connectivity index (χ1n) is 5.91. The highest BCUT2D eigenvalue weighted by Crippen LogP contribution is 2.12. The van der Waals surface area contributed by atoms with E-state index in [1.807, 2.05) is 0 Å². The Morgan fingerprint density at radius 1 is 1.05 bits per heavy atom. The smallest absolute Gasteiger partial charge is 0.255 e. The molecule has 0 radical (unpaired) electrons. The van der Waals surface area contributed by atoms with Gasteiger partial charge in [0.15, 0.2) is 5.78 Å². The van der Waals surface area contributed by atoms with Crippen molar-refractivity contribution in [3.63, 3.8) is 0 Å². The maximum absolute atomic E-state index is 13.0. The number of aliphatic hydroxyl groups excluding tert-OH is 1. The normalized spacial score (nSPS) is 10.1. The summed E-state index contributed by atoms with van der Waals surface area (Å²) in [4.78, 5) is 23.1. The summed E-state index contributed by atoms with van der Waals surface area (Å²) in [6.07, 6.45) is 0. The number of anilines is 1. The maximum atomic E-state index is 13.0. The summed E-state index contributed by atoms with van der Waals surface area (Å²) in [6.45, 7) is -0.561. The number of carbonyl (C=O) groups is 2. The quantitative estimate of drug-likeness (QED) is 0.840. The van der Waals surface area contributed by atoms with Crippen LogP contribution in [0.25, 0.3) is 0 Å². The van der Waals surface area contributed by atoms with E-state index in [9.17, 15) is 14.0 Å². The minimum Gasteiger partial charge on any atom is -0.388 e. The zero-order chi connectivity index (χ0) is 14.5. The third kappa shape index (κ3) is 3.27. The van der Waals surface area contributed by atoms with Crippen molar-refractivity contribution in [2.45, 2.75) is 0 Å². The second-order valence-corrected chi connectivity index (χ2v) is 4.12. The first-order chi connectivity index (χ1) is 9.60. The van der Waals surface area contributed by atoms with Gasteiger partial charge in [-0.1, -0.05) is 6.07 Å². The fourth-order valence-electron chi connectivity index (χ4n) is 1.66. The molecular weight excluding hydrogens is 261 g/mol. The van der Waals surface area contributed by atoms with Crippen LogP contribution in [0.2, 0.25) is 0 Å². The predicted octanol–water partition coefficient (Wildman–Crippen LogP) is 2.25. The van der Waals surface area contributed by atoms with Crippen LogP contribution in [0.1, 0.15) is 20.7 Å². The summed E-state index contributed by atoms with van der Waals surface area (Å²) in [5, 5.41) is 11.3. The monoisotopic (exact) mass is 273 g/mol. The molecule has 0 aromatic heterocycles. The van der Waals surface area contributed by atoms with Gasteiger partial charge in [0.05, 0.1) is 0 Å². The summed E-state index contributed by atoms with van der Waals surface area (Å²) in [7, 11) is 0. The molecule has 0 unspecified atom stereocenters. The Balaban J connectivity index is 2.10. The number of carbonyl (C=O) groups excluding carboxylic acids is 2. The zero-order valence-electron chi connectivity index (χ0n) is 10.5. The molecule has 2 rings (SSSR count). The molecule has 0 bridgehead atoms. The molecule has 0 atom stereocenters. The molecule has 102 valence electrons. The molecule has 2 aromatic rings. The van der Waals surface area contributed by atoms with Crippen LogP contribution < -0.4 is 5.32 Å². The van der Waals surface area contributed by atoms with Crippen molar-refractivity contribution in [2.24, 2.45) is 0 Å². The largest absolute Gasteiger partial charge is 0.388 e. The molecule has 0 saturated carbocycles. The first-order valence-corrected chi connectivity index (χ1v) is 5.91. The Morgan fingerprint density at radius 2 is 1.75 bits per heavy atom. The number of ketones is 1. The van der Waals surface area contributed by atoms with Crippen LogP contribution in [0, 0.1) is 5.82 Å². The topological polar surface area (TPSA) is 66.4 Å². The third-order valence-corrected chi connectivity index (χ3v) is 2.70. The number of hydrogen-bond donors (Lipinski definition) is 2. The molecule has 20 heavy (non-hydrogen) atoms. The number of Topliss-reactive ketones (excluding diaryl/α,β-unsaturated/α-hetero) is 1. The fourth-order valence-corrected chi connectivity index (χ4v) is 1.66. The van der Waals surface area contributed by atoms with E-state index in [2.05, 4.69) is 5.32 Å². The van der Waals surface area contributed by atoms with Crippen LogP contribution in [-0.4, -0.2) is 23.4 Å². The fraction of sp³-hybridized carbons (Fsp3) is 0.0667. The molecule has 5 heteroatoms. The highest BCUT2D eigenvalue weighted by atomic mass is 19.1. The molecule has 2 aromatic carbocycles. The van der Waals surface area contributed by atoms with Gasteiger partial charge >= 0.3 is 0 Å². The molecule has 0 aliphatic rings. The Hall–Kier alpha value is -2.53. The van der Waals surface area contributed by atoms with Gasteiger partial charge in [-0.05, 0) is 42.5 Å². The van der Waals surface area contributed by atoms with Crippen LogP contribution in [0.3, 0.4) is 0 Å². The molecule has 0 aliphatic heterocycles. The van der Waals surface area contributed by atoms with Crippen LogP contribution >= 0.6 is 0 Å². The Labute approximate surface area is 114 Å². The van der Waals surface area contributed by atoms with Crippen molar-refractivity contribution >= 4 is 17.4 Å². The van der Waals surface area contributed by atoms with Crippen molar-refractivity contribution in [2.75, 3.05) is 11.9 Å². The zero-order valence-corrected chi connectivity index (χ0v) is 10.5. The van der Waals surface area contributed by atoms with Crippen molar-refractivity contribution in [3.8, 4) is 0 Å². The van der Waals surface area contributed by atoms with Gasteiger partial charge < -0.3 is 10.4 Å². The standard InChI is InChI=1S/C15H12FNO3/c16-12-3-1-2-11(8-12)15(20)17-13-6-4-10(5-7-13)14(19)9-18/h1-8,18H,9H2,(H,17,20). The van der Waals surface area contributed by atoms with Gasteiger partial charge in [-0.15, -0.1) is 0 Å². The molecule has 0 spiro atoms. The summed E-state index contributed by atoms with van der Waals surface area (Å²) in [5.74, 6) is -1.32. The van der Waals surface area contributed by atoms with E-state index in [4.69, 9.17) is 5.11 Å². The SMILES string of the molecule is O=C(CO)c1ccc(NC(=O)c2cccc(F)c2)cc1. The summed E-state index contributed by atoms with van der Waals surface area (Å²) >= 11 is 0. The average molecular weight is 273 g/mol. The van der Waals surface area contributed by atoms with Crippen LogP contribution in [-0.2, 0) is 0 Å². The summed E-state index contributed by atoms with van der Waals surface area (Å²) in [5.41, 5.74) is 1.05. The number of rotatable bonds is 4. The van der Waals surface area contributed by atoms with Crippen molar-refractivity contribution < 1.29 is 19.1 Å². The van der Waals surface area contributed by atoms with Gasteiger partial charge in [0.25, 0.3) is 5.91 Å². The number of halogens is 1. The lowest BCUT2D eigenvalue weighted by atomic mass is 10.1. The Kier molecular flexibility index (Phi) is 4.22.